The predicted octanol–water partition coefficient (Wildman–Crippen LogP) is 2.01. The first-order valence-corrected chi connectivity index (χ1v) is 7.00. The first kappa shape index (κ1) is 13.9. The minimum Gasteiger partial charge on any atom is -0.379 e. The van der Waals surface area contributed by atoms with Crippen molar-refractivity contribution in [3.8, 4) is 0 Å². The van der Waals surface area contributed by atoms with Crippen LogP contribution in [0.3, 0.4) is 0 Å². The first-order valence-electron chi connectivity index (χ1n) is 6.21. The van der Waals surface area contributed by atoms with E-state index in [1.165, 1.54) is 6.07 Å². The van der Waals surface area contributed by atoms with Gasteiger partial charge in [-0.05, 0) is 27.6 Å². The number of nitrogens with one attached hydrogen (secondary N) is 1. The van der Waals surface area contributed by atoms with Gasteiger partial charge < -0.3 is 10.1 Å². The summed E-state index contributed by atoms with van der Waals surface area (Å²) < 4.78 is 19.1. The quantitative estimate of drug-likeness (QED) is 0.841. The van der Waals surface area contributed by atoms with Crippen molar-refractivity contribution in [2.45, 2.75) is 6.54 Å². The zero-order chi connectivity index (χ0) is 12.8. The van der Waals surface area contributed by atoms with E-state index >= 15 is 0 Å². The van der Waals surface area contributed by atoms with Crippen molar-refractivity contribution in [1.82, 2.24) is 10.2 Å². The third-order valence-corrected chi connectivity index (χ3v) is 3.94. The zero-order valence-corrected chi connectivity index (χ0v) is 11.9. The molecular weight excluding hydrogens is 299 g/mol. The van der Waals surface area contributed by atoms with Crippen molar-refractivity contribution in [3.63, 3.8) is 0 Å². The molecule has 5 heteroatoms. The lowest BCUT2D eigenvalue weighted by molar-refractivity contribution is 0.0384. The Morgan fingerprint density at radius 1 is 1.33 bits per heavy atom. The van der Waals surface area contributed by atoms with Gasteiger partial charge in [-0.1, -0.05) is 12.1 Å². The summed E-state index contributed by atoms with van der Waals surface area (Å²) in [5.74, 6) is -0.206. The summed E-state index contributed by atoms with van der Waals surface area (Å²) in [6, 6.07) is 5.12. The lowest BCUT2D eigenvalue weighted by Gasteiger charge is -2.26. The highest BCUT2D eigenvalue weighted by Gasteiger charge is 2.09. The van der Waals surface area contributed by atoms with Crippen LogP contribution in [0.25, 0.3) is 0 Å². The summed E-state index contributed by atoms with van der Waals surface area (Å²) in [4.78, 5) is 2.37. The Balaban J connectivity index is 1.70. The molecule has 0 bridgehead atoms. The highest BCUT2D eigenvalue weighted by molar-refractivity contribution is 9.10. The van der Waals surface area contributed by atoms with E-state index in [-0.39, 0.29) is 5.82 Å². The predicted molar refractivity (Wildman–Crippen MR) is 73.1 cm³/mol. The van der Waals surface area contributed by atoms with Gasteiger partial charge in [0, 0.05) is 32.7 Å². The number of rotatable bonds is 5. The van der Waals surface area contributed by atoms with Crippen LogP contribution in [0.2, 0.25) is 0 Å². The Labute approximate surface area is 115 Å². The van der Waals surface area contributed by atoms with Crippen LogP contribution in [0.15, 0.2) is 22.7 Å². The molecule has 0 unspecified atom stereocenters. The number of ether oxygens (including phenoxy) is 1. The van der Waals surface area contributed by atoms with E-state index in [0.29, 0.717) is 11.0 Å². The van der Waals surface area contributed by atoms with Crippen LogP contribution in [-0.2, 0) is 11.3 Å². The van der Waals surface area contributed by atoms with Crippen molar-refractivity contribution in [3.05, 3.63) is 34.1 Å². The molecule has 0 saturated carbocycles. The van der Waals surface area contributed by atoms with Crippen molar-refractivity contribution in [2.24, 2.45) is 0 Å². The van der Waals surface area contributed by atoms with E-state index in [1.807, 2.05) is 6.07 Å². The lowest BCUT2D eigenvalue weighted by Crippen LogP contribution is -2.40. The molecular formula is C13H18BrFN2O. The van der Waals surface area contributed by atoms with Gasteiger partial charge in [0.1, 0.15) is 5.82 Å². The van der Waals surface area contributed by atoms with Crippen LogP contribution in [0, 0.1) is 5.82 Å². The average molecular weight is 317 g/mol. The Bertz CT molecular complexity index is 383. The Morgan fingerprint density at radius 3 is 2.89 bits per heavy atom. The highest BCUT2D eigenvalue weighted by Crippen LogP contribution is 2.19. The van der Waals surface area contributed by atoms with Gasteiger partial charge in [0.2, 0.25) is 0 Å². The molecule has 0 atom stereocenters. The topological polar surface area (TPSA) is 24.5 Å². The highest BCUT2D eigenvalue weighted by atomic mass is 79.9. The average Bonchev–Trinajstić information content (AvgIpc) is 2.40. The molecule has 100 valence electrons. The maximum absolute atomic E-state index is 13.3. The molecule has 1 aliphatic heterocycles. The van der Waals surface area contributed by atoms with E-state index in [1.54, 1.807) is 6.07 Å². The number of hydrogen-bond donors (Lipinski definition) is 1. The number of morpholine rings is 1. The van der Waals surface area contributed by atoms with Gasteiger partial charge in [0.15, 0.2) is 0 Å². The Morgan fingerprint density at radius 2 is 2.11 bits per heavy atom. The van der Waals surface area contributed by atoms with Crippen molar-refractivity contribution in [2.75, 3.05) is 39.4 Å². The summed E-state index contributed by atoms with van der Waals surface area (Å²) in [6.07, 6.45) is 0. The third-order valence-electron chi connectivity index (χ3n) is 3.06. The summed E-state index contributed by atoms with van der Waals surface area (Å²) in [5.41, 5.74) is 0.956. The maximum Gasteiger partial charge on any atom is 0.137 e. The normalized spacial score (nSPS) is 17.0. The number of hydrogen-bond acceptors (Lipinski definition) is 3. The van der Waals surface area contributed by atoms with Crippen LogP contribution < -0.4 is 5.32 Å². The van der Waals surface area contributed by atoms with E-state index in [9.17, 15) is 4.39 Å². The van der Waals surface area contributed by atoms with Crippen molar-refractivity contribution >= 4 is 15.9 Å². The largest absolute Gasteiger partial charge is 0.379 e. The fraction of sp³-hybridized carbons (Fsp3) is 0.538. The monoisotopic (exact) mass is 316 g/mol. The Hall–Kier alpha value is -0.490. The molecule has 1 N–H and O–H groups in total. The molecule has 0 spiro atoms. The fourth-order valence-corrected chi connectivity index (χ4v) is 2.37. The molecule has 0 aliphatic carbocycles. The molecule has 1 aromatic carbocycles. The lowest BCUT2D eigenvalue weighted by atomic mass is 10.2. The van der Waals surface area contributed by atoms with Crippen LogP contribution in [0.1, 0.15) is 5.56 Å². The van der Waals surface area contributed by atoms with Gasteiger partial charge in [0.25, 0.3) is 0 Å². The molecule has 2 rings (SSSR count). The molecule has 1 aliphatic rings. The third kappa shape index (κ3) is 4.02. The minimum absolute atomic E-state index is 0.206. The van der Waals surface area contributed by atoms with E-state index in [0.717, 1.165) is 45.0 Å². The van der Waals surface area contributed by atoms with Gasteiger partial charge >= 0.3 is 0 Å². The molecule has 0 aromatic heterocycles. The SMILES string of the molecule is Fc1cccc(CNCCN2CCOCC2)c1Br. The van der Waals surface area contributed by atoms with E-state index in [2.05, 4.69) is 26.1 Å². The number of benzene rings is 1. The fourth-order valence-electron chi connectivity index (χ4n) is 1.97. The molecule has 1 heterocycles. The standard InChI is InChI=1S/C13H18BrFN2O/c14-13-11(2-1-3-12(13)15)10-16-4-5-17-6-8-18-9-7-17/h1-3,16H,4-10H2. The second-order valence-electron chi connectivity index (χ2n) is 4.34. The summed E-state index contributed by atoms with van der Waals surface area (Å²) in [7, 11) is 0. The van der Waals surface area contributed by atoms with Crippen LogP contribution in [0.5, 0.6) is 0 Å². The van der Waals surface area contributed by atoms with E-state index < -0.39 is 0 Å². The molecule has 0 radical (unpaired) electrons. The van der Waals surface area contributed by atoms with Gasteiger partial charge in [-0.2, -0.15) is 0 Å². The van der Waals surface area contributed by atoms with Crippen LogP contribution in [0.4, 0.5) is 4.39 Å². The van der Waals surface area contributed by atoms with Crippen LogP contribution >= 0.6 is 15.9 Å². The first-order chi connectivity index (χ1) is 8.77. The van der Waals surface area contributed by atoms with Gasteiger partial charge in [-0.15, -0.1) is 0 Å². The van der Waals surface area contributed by atoms with Crippen molar-refractivity contribution in [1.29, 1.82) is 0 Å². The van der Waals surface area contributed by atoms with Gasteiger partial charge in [-0.25, -0.2) is 4.39 Å². The van der Waals surface area contributed by atoms with Gasteiger partial charge in [0.05, 0.1) is 17.7 Å². The second-order valence-corrected chi connectivity index (χ2v) is 5.14. The minimum atomic E-state index is -0.206. The number of nitrogens with zero attached hydrogens (tertiary/aromatic N) is 1. The van der Waals surface area contributed by atoms with E-state index in [4.69, 9.17) is 4.74 Å². The Kier molecular flexibility index (Phi) is 5.56. The molecule has 1 fully saturated rings. The van der Waals surface area contributed by atoms with Gasteiger partial charge in [-0.3, -0.25) is 4.90 Å². The smallest absolute Gasteiger partial charge is 0.137 e. The molecule has 1 aromatic rings. The van der Waals surface area contributed by atoms with Crippen molar-refractivity contribution < 1.29 is 9.13 Å². The summed E-state index contributed by atoms with van der Waals surface area (Å²) >= 11 is 3.27. The van der Waals surface area contributed by atoms with Crippen LogP contribution in [-0.4, -0.2) is 44.3 Å². The number of halogens is 2. The summed E-state index contributed by atoms with van der Waals surface area (Å²) in [6.45, 7) is 6.27. The molecule has 18 heavy (non-hydrogen) atoms. The molecule has 3 nitrogen and oxygen atoms in total. The second kappa shape index (κ2) is 7.19. The molecule has 1 saturated heterocycles. The summed E-state index contributed by atoms with van der Waals surface area (Å²) in [5, 5.41) is 3.34. The zero-order valence-electron chi connectivity index (χ0n) is 10.3. The molecule has 0 amide bonds. The maximum atomic E-state index is 13.3.